The number of Topliss-reactive ketones (excluding diaryl/α,β-unsaturated/α-hetero) is 1. The molecule has 0 aromatic rings. The molecule has 0 N–H and O–H groups in total. The van der Waals surface area contributed by atoms with E-state index >= 15 is 0 Å². The van der Waals surface area contributed by atoms with Gasteiger partial charge in [0.05, 0.1) is 12.9 Å². The number of fused-ring (bicyclic) bond motifs is 4. The summed E-state index contributed by atoms with van der Waals surface area (Å²) in [6.45, 7) is 4.66. The minimum atomic E-state index is 0.0428. The predicted octanol–water partition coefficient (Wildman–Crippen LogP) is 5.05. The average Bonchev–Trinajstić information content (AvgIpc) is 2.92. The van der Waals surface area contributed by atoms with E-state index in [9.17, 15) is 4.79 Å². The number of ether oxygens (including phenoxy) is 1. The molecular weight excluding hydrogens is 284 g/mol. The van der Waals surface area contributed by atoms with Gasteiger partial charge in [0.2, 0.25) is 0 Å². The highest BCUT2D eigenvalue weighted by Crippen LogP contribution is 2.61. The first-order valence-electron chi connectivity index (χ1n) is 9.58. The molecular formula is C21H30O2. The highest BCUT2D eigenvalue weighted by molar-refractivity contribution is 5.87. The Balaban J connectivity index is 1.67. The maximum Gasteiger partial charge on any atom is 0.139 e. The SMILES string of the molecule is CCC12CC[C@@H]3C4=C(CC(OC)=CC4)C(C)C[C@H]3[C@@H]1CCC2=O. The van der Waals surface area contributed by atoms with Crippen LogP contribution in [0, 0.1) is 29.1 Å². The summed E-state index contributed by atoms with van der Waals surface area (Å²) in [4.78, 5) is 12.6. The van der Waals surface area contributed by atoms with Crippen molar-refractivity contribution in [1.82, 2.24) is 0 Å². The molecule has 2 saturated carbocycles. The number of rotatable bonds is 2. The Morgan fingerprint density at radius 1 is 1.30 bits per heavy atom. The highest BCUT2D eigenvalue weighted by Gasteiger charge is 2.57. The van der Waals surface area contributed by atoms with Gasteiger partial charge in [-0.25, -0.2) is 0 Å². The van der Waals surface area contributed by atoms with E-state index in [0.29, 0.717) is 17.6 Å². The second kappa shape index (κ2) is 5.50. The minimum absolute atomic E-state index is 0.0428. The molecule has 2 unspecified atom stereocenters. The lowest BCUT2D eigenvalue weighted by atomic mass is 9.52. The van der Waals surface area contributed by atoms with Crippen molar-refractivity contribution in [2.24, 2.45) is 29.1 Å². The van der Waals surface area contributed by atoms with Crippen LogP contribution in [0.3, 0.4) is 0 Å². The summed E-state index contributed by atoms with van der Waals surface area (Å²) < 4.78 is 5.52. The van der Waals surface area contributed by atoms with Gasteiger partial charge in [-0.15, -0.1) is 0 Å². The van der Waals surface area contributed by atoms with Gasteiger partial charge in [-0.05, 0) is 68.3 Å². The van der Waals surface area contributed by atoms with Gasteiger partial charge in [0.25, 0.3) is 0 Å². The van der Waals surface area contributed by atoms with Crippen molar-refractivity contribution in [3.05, 3.63) is 23.0 Å². The summed E-state index contributed by atoms with van der Waals surface area (Å²) in [6.07, 6.45) is 11.1. The molecule has 0 saturated heterocycles. The number of allylic oxidation sites excluding steroid dienone is 3. The zero-order valence-electron chi connectivity index (χ0n) is 14.9. The van der Waals surface area contributed by atoms with E-state index in [1.807, 2.05) is 0 Å². The summed E-state index contributed by atoms with van der Waals surface area (Å²) >= 11 is 0. The lowest BCUT2D eigenvalue weighted by molar-refractivity contribution is -0.131. The molecule has 0 spiro atoms. The lowest BCUT2D eigenvalue weighted by Crippen LogP contribution is -2.46. The third-order valence-corrected chi connectivity index (χ3v) is 7.77. The van der Waals surface area contributed by atoms with Crippen LogP contribution < -0.4 is 0 Å². The van der Waals surface area contributed by atoms with Crippen LogP contribution in [0.5, 0.6) is 0 Å². The Labute approximate surface area is 140 Å². The molecule has 0 radical (unpaired) electrons. The second-order valence-electron chi connectivity index (χ2n) is 8.33. The number of hydrogen-bond donors (Lipinski definition) is 0. The summed E-state index contributed by atoms with van der Waals surface area (Å²) in [7, 11) is 1.80. The number of methoxy groups -OCH3 is 1. The van der Waals surface area contributed by atoms with Crippen LogP contribution in [0.2, 0.25) is 0 Å². The summed E-state index contributed by atoms with van der Waals surface area (Å²) in [6, 6.07) is 0. The van der Waals surface area contributed by atoms with Gasteiger partial charge in [0.1, 0.15) is 5.78 Å². The smallest absolute Gasteiger partial charge is 0.139 e. The van der Waals surface area contributed by atoms with Gasteiger partial charge in [0, 0.05) is 18.3 Å². The monoisotopic (exact) mass is 314 g/mol. The zero-order valence-corrected chi connectivity index (χ0v) is 14.9. The molecule has 0 aromatic heterocycles. The fourth-order valence-electron chi connectivity index (χ4n) is 6.59. The third kappa shape index (κ3) is 2.09. The van der Waals surface area contributed by atoms with E-state index in [2.05, 4.69) is 19.9 Å². The molecule has 4 aliphatic carbocycles. The molecule has 0 aromatic carbocycles. The largest absolute Gasteiger partial charge is 0.501 e. The molecule has 2 nitrogen and oxygen atoms in total. The van der Waals surface area contributed by atoms with Crippen molar-refractivity contribution >= 4 is 5.78 Å². The van der Waals surface area contributed by atoms with Crippen molar-refractivity contribution in [1.29, 1.82) is 0 Å². The molecule has 4 rings (SSSR count). The van der Waals surface area contributed by atoms with Crippen molar-refractivity contribution in [3.63, 3.8) is 0 Å². The first-order valence-corrected chi connectivity index (χ1v) is 9.58. The van der Waals surface area contributed by atoms with Gasteiger partial charge < -0.3 is 4.74 Å². The quantitative estimate of drug-likeness (QED) is 0.667. The molecule has 0 heterocycles. The molecule has 0 bridgehead atoms. The molecule has 126 valence electrons. The molecule has 4 aliphatic rings. The van der Waals surface area contributed by atoms with Crippen LogP contribution in [0.25, 0.3) is 0 Å². The Bertz CT molecular complexity index is 585. The van der Waals surface area contributed by atoms with Crippen LogP contribution in [0.4, 0.5) is 0 Å². The van der Waals surface area contributed by atoms with Crippen LogP contribution in [-0.2, 0) is 9.53 Å². The molecule has 5 atom stereocenters. The molecule has 0 aliphatic heterocycles. The second-order valence-corrected chi connectivity index (χ2v) is 8.33. The van der Waals surface area contributed by atoms with Crippen LogP contribution >= 0.6 is 0 Å². The normalized spacial score (nSPS) is 42.7. The Morgan fingerprint density at radius 3 is 2.87 bits per heavy atom. The van der Waals surface area contributed by atoms with E-state index in [0.717, 1.165) is 56.1 Å². The molecule has 2 fully saturated rings. The van der Waals surface area contributed by atoms with Gasteiger partial charge in [0.15, 0.2) is 0 Å². The number of carbonyl (C=O) groups excluding carboxylic acids is 1. The van der Waals surface area contributed by atoms with Crippen LogP contribution in [-0.4, -0.2) is 12.9 Å². The van der Waals surface area contributed by atoms with Gasteiger partial charge in [-0.3, -0.25) is 4.79 Å². The number of ketones is 1. The number of hydrogen-bond acceptors (Lipinski definition) is 2. The summed E-state index contributed by atoms with van der Waals surface area (Å²) in [5.74, 6) is 4.55. The Hall–Kier alpha value is -1.05. The lowest BCUT2D eigenvalue weighted by Gasteiger charge is -2.52. The zero-order chi connectivity index (χ0) is 16.2. The summed E-state index contributed by atoms with van der Waals surface area (Å²) in [5, 5.41) is 0. The number of carbonyl (C=O) groups is 1. The van der Waals surface area contributed by atoms with Crippen molar-refractivity contribution in [2.45, 2.75) is 65.2 Å². The molecule has 23 heavy (non-hydrogen) atoms. The standard InChI is InChI=1S/C21H30O2/c1-4-21-10-9-16-15-6-5-14(23-3)12-17(15)13(2)11-18(16)19(21)7-8-20(21)22/h5,13,16,18-19H,4,6-12H2,1-3H3/t13?,16-,18-,19+,21?/m1/s1. The molecule has 0 amide bonds. The van der Waals surface area contributed by atoms with Crippen molar-refractivity contribution in [2.75, 3.05) is 7.11 Å². The first-order chi connectivity index (χ1) is 11.1. The van der Waals surface area contributed by atoms with E-state index in [-0.39, 0.29) is 5.41 Å². The van der Waals surface area contributed by atoms with Gasteiger partial charge >= 0.3 is 0 Å². The van der Waals surface area contributed by atoms with E-state index < -0.39 is 0 Å². The Kier molecular flexibility index (Phi) is 3.70. The van der Waals surface area contributed by atoms with Crippen LogP contribution in [0.1, 0.15) is 65.2 Å². The third-order valence-electron chi connectivity index (χ3n) is 7.77. The fourth-order valence-corrected chi connectivity index (χ4v) is 6.59. The van der Waals surface area contributed by atoms with Crippen LogP contribution in [0.15, 0.2) is 23.0 Å². The maximum atomic E-state index is 12.6. The van der Waals surface area contributed by atoms with E-state index in [1.54, 1.807) is 18.3 Å². The van der Waals surface area contributed by atoms with Gasteiger partial charge in [-0.1, -0.05) is 25.0 Å². The first kappa shape index (κ1) is 15.5. The average molecular weight is 314 g/mol. The highest BCUT2D eigenvalue weighted by atomic mass is 16.5. The topological polar surface area (TPSA) is 26.3 Å². The maximum absolute atomic E-state index is 12.6. The fraction of sp³-hybridized carbons (Fsp3) is 0.762. The van der Waals surface area contributed by atoms with E-state index in [1.165, 1.54) is 12.8 Å². The van der Waals surface area contributed by atoms with Gasteiger partial charge in [-0.2, -0.15) is 0 Å². The van der Waals surface area contributed by atoms with Crippen molar-refractivity contribution in [3.8, 4) is 0 Å². The predicted molar refractivity (Wildman–Crippen MR) is 91.8 cm³/mol. The molecule has 2 heteroatoms. The van der Waals surface area contributed by atoms with Crippen molar-refractivity contribution < 1.29 is 9.53 Å². The summed E-state index contributed by atoms with van der Waals surface area (Å²) in [5.41, 5.74) is 3.43. The minimum Gasteiger partial charge on any atom is -0.501 e. The van der Waals surface area contributed by atoms with E-state index in [4.69, 9.17) is 4.74 Å². The Morgan fingerprint density at radius 2 is 2.13 bits per heavy atom.